The van der Waals surface area contributed by atoms with Gasteiger partial charge in [-0.2, -0.15) is 0 Å². The first-order valence-corrected chi connectivity index (χ1v) is 13.0. The summed E-state index contributed by atoms with van der Waals surface area (Å²) < 4.78 is 0. The molecule has 2 aromatic rings. The van der Waals surface area contributed by atoms with Crippen molar-refractivity contribution in [3.8, 4) is 0 Å². The molecule has 1 amide bonds. The molecule has 4 fully saturated rings. The molecule has 0 radical (unpaired) electrons. The molecule has 4 saturated heterocycles. The van der Waals surface area contributed by atoms with E-state index in [4.69, 9.17) is 4.98 Å². The molecule has 0 spiro atoms. The van der Waals surface area contributed by atoms with Gasteiger partial charge in [-0.25, -0.2) is 0 Å². The standard InChI is InChI=1S/C26H37N7O/c1-32-13-10-18-11-14-33(22(18)16-32)26-30-24(28-19-6-4-12-27-15-19)23(25(34)31-26)21-9-8-17-5-2-3-7-20(17)29-21/h2-3,5,7-9,18-19,22-24,26-28,30H,4,6,10-16H2,1H3,(H,31,34)/t18?,19-,22?,23?,24?,26?/m1/s1. The monoisotopic (exact) mass is 463 g/mol. The van der Waals surface area contributed by atoms with Crippen LogP contribution in [0.15, 0.2) is 36.4 Å². The topological polar surface area (TPSA) is 84.6 Å². The minimum Gasteiger partial charge on any atom is -0.327 e. The average Bonchev–Trinajstić information content (AvgIpc) is 3.27. The number of aromatic nitrogens is 1. The fourth-order valence-electron chi connectivity index (χ4n) is 6.47. The second-order valence-corrected chi connectivity index (χ2v) is 10.6. The van der Waals surface area contributed by atoms with Gasteiger partial charge in [-0.05, 0) is 63.9 Å². The van der Waals surface area contributed by atoms with Crippen LogP contribution in [-0.4, -0.2) is 85.0 Å². The molecule has 0 aliphatic carbocycles. The predicted octanol–water partition coefficient (Wildman–Crippen LogP) is 1.02. The van der Waals surface area contributed by atoms with Gasteiger partial charge in [0.25, 0.3) is 0 Å². The van der Waals surface area contributed by atoms with E-state index in [9.17, 15) is 4.79 Å². The van der Waals surface area contributed by atoms with Crippen molar-refractivity contribution in [1.82, 2.24) is 36.1 Å². The van der Waals surface area contributed by atoms with Crippen molar-refractivity contribution >= 4 is 16.8 Å². The molecule has 0 bridgehead atoms. The smallest absolute Gasteiger partial charge is 0.234 e. The van der Waals surface area contributed by atoms with Gasteiger partial charge in [-0.1, -0.05) is 24.3 Å². The van der Waals surface area contributed by atoms with Crippen molar-refractivity contribution in [2.75, 3.05) is 39.8 Å². The maximum absolute atomic E-state index is 13.7. The van der Waals surface area contributed by atoms with Crippen LogP contribution in [-0.2, 0) is 4.79 Å². The van der Waals surface area contributed by atoms with Crippen LogP contribution < -0.4 is 21.3 Å². The Kier molecular flexibility index (Phi) is 6.26. The van der Waals surface area contributed by atoms with Gasteiger partial charge in [0.1, 0.15) is 12.2 Å². The highest BCUT2D eigenvalue weighted by Crippen LogP contribution is 2.33. The number of nitrogens with one attached hydrogen (secondary N) is 4. The number of likely N-dealkylation sites (N-methyl/N-ethyl adjacent to an activating group) is 1. The number of hydrogen-bond donors (Lipinski definition) is 4. The highest BCUT2D eigenvalue weighted by Gasteiger charge is 2.46. The summed E-state index contributed by atoms with van der Waals surface area (Å²) in [6.07, 6.45) is 4.41. The molecule has 8 nitrogen and oxygen atoms in total. The fourth-order valence-corrected chi connectivity index (χ4v) is 6.47. The van der Waals surface area contributed by atoms with E-state index in [0.29, 0.717) is 12.1 Å². The molecule has 4 aliphatic heterocycles. The molecule has 1 aromatic carbocycles. The molecular formula is C26H37N7O. The largest absolute Gasteiger partial charge is 0.327 e. The van der Waals surface area contributed by atoms with Crippen molar-refractivity contribution in [2.45, 2.75) is 56.1 Å². The summed E-state index contributed by atoms with van der Waals surface area (Å²) in [6.45, 7) is 5.27. The summed E-state index contributed by atoms with van der Waals surface area (Å²) >= 11 is 0. The Morgan fingerprint density at radius 1 is 1.09 bits per heavy atom. The third-order valence-corrected chi connectivity index (χ3v) is 8.32. The van der Waals surface area contributed by atoms with Crippen molar-refractivity contribution in [2.24, 2.45) is 5.92 Å². The SMILES string of the molecule is CN1CCC2CCN(C3NC(=O)C(c4ccc5ccccc5n4)C(N[C@@H]4CCCNC4)N3)C2C1. The van der Waals surface area contributed by atoms with Crippen LogP contribution in [0.5, 0.6) is 0 Å². The number of carbonyl (C=O) groups excluding carboxylic acids is 1. The number of piperidine rings is 2. The number of pyridine rings is 1. The molecule has 182 valence electrons. The lowest BCUT2D eigenvalue weighted by Crippen LogP contribution is -2.72. The van der Waals surface area contributed by atoms with Crippen molar-refractivity contribution in [3.63, 3.8) is 0 Å². The molecule has 4 aliphatic rings. The highest BCUT2D eigenvalue weighted by molar-refractivity contribution is 5.86. The Hall–Kier alpha value is -2.10. The van der Waals surface area contributed by atoms with Crippen LogP contribution in [0.3, 0.4) is 0 Å². The molecule has 8 heteroatoms. The minimum absolute atomic E-state index is 0.0559. The molecule has 6 rings (SSSR count). The third kappa shape index (κ3) is 4.33. The van der Waals surface area contributed by atoms with E-state index in [0.717, 1.165) is 61.5 Å². The zero-order valence-corrected chi connectivity index (χ0v) is 20.0. The quantitative estimate of drug-likeness (QED) is 0.539. The van der Waals surface area contributed by atoms with E-state index in [1.54, 1.807) is 0 Å². The van der Waals surface area contributed by atoms with E-state index in [1.165, 1.54) is 19.4 Å². The van der Waals surface area contributed by atoms with E-state index >= 15 is 0 Å². The van der Waals surface area contributed by atoms with Gasteiger partial charge < -0.3 is 15.5 Å². The Balaban J connectivity index is 1.28. The summed E-state index contributed by atoms with van der Waals surface area (Å²) in [5.74, 6) is 0.402. The molecule has 6 atom stereocenters. The summed E-state index contributed by atoms with van der Waals surface area (Å²) in [4.78, 5) is 23.5. The normalized spacial score (nSPS) is 35.3. The second kappa shape index (κ2) is 9.51. The number of para-hydroxylation sites is 1. The first-order chi connectivity index (χ1) is 16.7. The van der Waals surface area contributed by atoms with Crippen LogP contribution in [0.1, 0.15) is 37.3 Å². The van der Waals surface area contributed by atoms with Gasteiger partial charge in [-0.3, -0.25) is 25.3 Å². The lowest BCUT2D eigenvalue weighted by molar-refractivity contribution is -0.130. The van der Waals surface area contributed by atoms with Crippen molar-refractivity contribution in [1.29, 1.82) is 0 Å². The van der Waals surface area contributed by atoms with E-state index in [-0.39, 0.29) is 24.3 Å². The van der Waals surface area contributed by atoms with Crippen LogP contribution in [0.4, 0.5) is 0 Å². The number of hydrogen-bond acceptors (Lipinski definition) is 7. The van der Waals surface area contributed by atoms with Gasteiger partial charge >= 0.3 is 0 Å². The molecule has 5 unspecified atom stereocenters. The Morgan fingerprint density at radius 3 is 2.85 bits per heavy atom. The summed E-state index contributed by atoms with van der Waals surface area (Å²) in [5, 5.41) is 15.6. The summed E-state index contributed by atoms with van der Waals surface area (Å²) in [6, 6.07) is 13.0. The Bertz CT molecular complexity index is 1030. The molecule has 4 N–H and O–H groups in total. The number of nitrogens with zero attached hydrogens (tertiary/aromatic N) is 3. The Morgan fingerprint density at radius 2 is 1.97 bits per heavy atom. The van der Waals surface area contributed by atoms with Gasteiger partial charge in [0.2, 0.25) is 5.91 Å². The lowest BCUT2D eigenvalue weighted by Gasteiger charge is -2.46. The van der Waals surface area contributed by atoms with Crippen molar-refractivity contribution in [3.05, 3.63) is 42.1 Å². The van der Waals surface area contributed by atoms with Crippen LogP contribution in [0.25, 0.3) is 10.9 Å². The number of likely N-dealkylation sites (tertiary alicyclic amines) is 2. The number of amides is 1. The average molecular weight is 464 g/mol. The van der Waals surface area contributed by atoms with Gasteiger partial charge in [0.15, 0.2) is 0 Å². The third-order valence-electron chi connectivity index (χ3n) is 8.32. The number of carbonyl (C=O) groups is 1. The second-order valence-electron chi connectivity index (χ2n) is 10.6. The van der Waals surface area contributed by atoms with E-state index in [1.807, 2.05) is 24.3 Å². The minimum atomic E-state index is -0.379. The van der Waals surface area contributed by atoms with Gasteiger partial charge in [-0.15, -0.1) is 0 Å². The molecule has 34 heavy (non-hydrogen) atoms. The van der Waals surface area contributed by atoms with E-state index < -0.39 is 0 Å². The lowest BCUT2D eigenvalue weighted by atomic mass is 9.92. The Labute approximate surface area is 201 Å². The maximum Gasteiger partial charge on any atom is 0.234 e. The van der Waals surface area contributed by atoms with Crippen molar-refractivity contribution < 1.29 is 4.79 Å². The van der Waals surface area contributed by atoms with E-state index in [2.05, 4.69) is 50.2 Å². The highest BCUT2D eigenvalue weighted by atomic mass is 16.2. The molecule has 5 heterocycles. The van der Waals surface area contributed by atoms with Crippen LogP contribution in [0, 0.1) is 5.92 Å². The maximum atomic E-state index is 13.7. The van der Waals surface area contributed by atoms with Crippen LogP contribution >= 0.6 is 0 Å². The number of rotatable bonds is 4. The molecular weight excluding hydrogens is 426 g/mol. The number of fused-ring (bicyclic) bond motifs is 2. The first-order valence-electron chi connectivity index (χ1n) is 13.0. The zero-order chi connectivity index (χ0) is 23.1. The zero-order valence-electron chi connectivity index (χ0n) is 20.0. The predicted molar refractivity (Wildman–Crippen MR) is 133 cm³/mol. The van der Waals surface area contributed by atoms with Gasteiger partial charge in [0, 0.05) is 37.1 Å². The fraction of sp³-hybridized carbons (Fsp3) is 0.615. The number of benzene rings is 1. The van der Waals surface area contributed by atoms with Gasteiger partial charge in [0.05, 0.1) is 17.4 Å². The van der Waals surface area contributed by atoms with Crippen LogP contribution in [0.2, 0.25) is 0 Å². The first kappa shape index (κ1) is 22.4. The molecule has 0 saturated carbocycles. The summed E-state index contributed by atoms with van der Waals surface area (Å²) in [7, 11) is 2.21. The summed E-state index contributed by atoms with van der Waals surface area (Å²) in [5.41, 5.74) is 1.75. The molecule has 1 aromatic heterocycles.